The van der Waals surface area contributed by atoms with Crippen LogP contribution in [0.25, 0.3) is 0 Å². The molecule has 4 nitrogen and oxygen atoms in total. The fraction of sp³-hybridized carbons (Fsp3) is 0.300. The van der Waals surface area contributed by atoms with E-state index in [-0.39, 0.29) is 18.2 Å². The van der Waals surface area contributed by atoms with Crippen molar-refractivity contribution in [3.8, 4) is 0 Å². The van der Waals surface area contributed by atoms with Crippen LogP contribution in [0.2, 0.25) is 0 Å². The highest BCUT2D eigenvalue weighted by Crippen LogP contribution is 2.29. The first-order valence-corrected chi connectivity index (χ1v) is 8.15. The molecule has 4 heteroatoms. The molecule has 0 aromatic heterocycles. The number of amides is 2. The molecule has 1 aliphatic heterocycles. The first-order valence-electron chi connectivity index (χ1n) is 8.15. The number of aryl methyl sites for hydroxylation is 3. The molecule has 0 aliphatic carbocycles. The summed E-state index contributed by atoms with van der Waals surface area (Å²) in [6.45, 7) is 7.95. The van der Waals surface area contributed by atoms with Crippen molar-refractivity contribution in [3.63, 3.8) is 0 Å². The number of hydrogen-bond acceptors (Lipinski definition) is 3. The fourth-order valence-electron chi connectivity index (χ4n) is 3.14. The van der Waals surface area contributed by atoms with Gasteiger partial charge in [-0.2, -0.15) is 0 Å². The molecule has 0 bridgehead atoms. The van der Waals surface area contributed by atoms with Gasteiger partial charge in [0, 0.05) is 5.69 Å². The average Bonchev–Trinajstić information content (AvgIpc) is 2.80. The van der Waals surface area contributed by atoms with Crippen molar-refractivity contribution < 1.29 is 9.59 Å². The van der Waals surface area contributed by atoms with Crippen LogP contribution < -0.4 is 10.2 Å². The lowest BCUT2D eigenvalue weighted by molar-refractivity contribution is -0.121. The number of imide groups is 1. The van der Waals surface area contributed by atoms with Gasteiger partial charge in [-0.05, 0) is 56.5 Å². The SMILES string of the molecule is Cc1ccc(N[C@H]2CC(=O)N(c3cccc(C)c3C)C2=O)c(C)c1. The number of carbonyl (C=O) groups excluding carboxylic acids is 2. The molecule has 24 heavy (non-hydrogen) atoms. The maximum absolute atomic E-state index is 12.8. The molecular formula is C20H22N2O2. The van der Waals surface area contributed by atoms with E-state index in [1.165, 1.54) is 10.5 Å². The number of nitrogens with zero attached hydrogens (tertiary/aromatic N) is 1. The summed E-state index contributed by atoms with van der Waals surface area (Å²) in [5.41, 5.74) is 5.86. The molecule has 2 amide bonds. The van der Waals surface area contributed by atoms with Crippen molar-refractivity contribution in [3.05, 3.63) is 58.7 Å². The first kappa shape index (κ1) is 16.2. The molecular weight excluding hydrogens is 300 g/mol. The molecule has 0 saturated carbocycles. The normalized spacial score (nSPS) is 17.5. The van der Waals surface area contributed by atoms with Crippen LogP contribution in [0.15, 0.2) is 36.4 Å². The molecule has 1 aliphatic rings. The minimum Gasteiger partial charge on any atom is -0.373 e. The first-order chi connectivity index (χ1) is 11.4. The van der Waals surface area contributed by atoms with Crippen molar-refractivity contribution in [2.24, 2.45) is 0 Å². The van der Waals surface area contributed by atoms with Gasteiger partial charge in [0.15, 0.2) is 0 Å². The summed E-state index contributed by atoms with van der Waals surface area (Å²) in [4.78, 5) is 26.6. The van der Waals surface area contributed by atoms with E-state index in [4.69, 9.17) is 0 Å². The highest BCUT2D eigenvalue weighted by Gasteiger charge is 2.40. The smallest absolute Gasteiger partial charge is 0.256 e. The van der Waals surface area contributed by atoms with Gasteiger partial charge in [-0.25, -0.2) is 4.90 Å². The maximum Gasteiger partial charge on any atom is 0.256 e. The van der Waals surface area contributed by atoms with Crippen LogP contribution >= 0.6 is 0 Å². The molecule has 1 atom stereocenters. The Morgan fingerprint density at radius 3 is 2.46 bits per heavy atom. The summed E-state index contributed by atoms with van der Waals surface area (Å²) in [7, 11) is 0. The standard InChI is InChI=1S/C20H22N2O2/c1-12-8-9-16(14(3)10-12)21-17-11-19(23)22(20(17)24)18-7-5-6-13(2)15(18)4/h5-10,17,21H,11H2,1-4H3/t17-/m0/s1. The molecule has 1 fully saturated rings. The second-order valence-electron chi connectivity index (χ2n) is 6.51. The summed E-state index contributed by atoms with van der Waals surface area (Å²) in [6, 6.07) is 11.2. The van der Waals surface area contributed by atoms with Crippen molar-refractivity contribution >= 4 is 23.2 Å². The zero-order valence-electron chi connectivity index (χ0n) is 14.5. The molecule has 1 N–H and O–H groups in total. The topological polar surface area (TPSA) is 49.4 Å². The largest absolute Gasteiger partial charge is 0.373 e. The number of anilines is 2. The third-order valence-corrected chi connectivity index (χ3v) is 4.68. The van der Waals surface area contributed by atoms with Crippen LogP contribution in [-0.4, -0.2) is 17.9 Å². The van der Waals surface area contributed by atoms with Crippen LogP contribution in [0.4, 0.5) is 11.4 Å². The van der Waals surface area contributed by atoms with Gasteiger partial charge < -0.3 is 5.32 Å². The van der Waals surface area contributed by atoms with E-state index in [0.29, 0.717) is 5.69 Å². The van der Waals surface area contributed by atoms with E-state index in [2.05, 4.69) is 11.4 Å². The average molecular weight is 322 g/mol. The summed E-state index contributed by atoms with van der Waals surface area (Å²) in [5.74, 6) is -0.343. The Labute approximate surface area is 142 Å². The van der Waals surface area contributed by atoms with Gasteiger partial charge in [0.1, 0.15) is 6.04 Å². The Kier molecular flexibility index (Phi) is 4.14. The van der Waals surface area contributed by atoms with E-state index < -0.39 is 6.04 Å². The minimum absolute atomic E-state index is 0.157. The van der Waals surface area contributed by atoms with E-state index in [1.54, 1.807) is 0 Å². The van der Waals surface area contributed by atoms with Crippen LogP contribution in [0, 0.1) is 27.7 Å². The van der Waals surface area contributed by atoms with Gasteiger partial charge in [0.05, 0.1) is 12.1 Å². The van der Waals surface area contributed by atoms with Gasteiger partial charge >= 0.3 is 0 Å². The third-order valence-electron chi connectivity index (χ3n) is 4.68. The van der Waals surface area contributed by atoms with Crippen LogP contribution in [-0.2, 0) is 9.59 Å². The number of rotatable bonds is 3. The van der Waals surface area contributed by atoms with Crippen molar-refractivity contribution in [2.75, 3.05) is 10.2 Å². The molecule has 2 aromatic carbocycles. The molecule has 2 aromatic rings. The lowest BCUT2D eigenvalue weighted by Crippen LogP contribution is -2.35. The molecule has 0 unspecified atom stereocenters. The van der Waals surface area contributed by atoms with E-state index in [9.17, 15) is 9.59 Å². The van der Waals surface area contributed by atoms with Crippen molar-refractivity contribution in [1.29, 1.82) is 0 Å². The van der Waals surface area contributed by atoms with Crippen LogP contribution in [0.5, 0.6) is 0 Å². The molecule has 0 spiro atoms. The maximum atomic E-state index is 12.8. The van der Waals surface area contributed by atoms with Crippen LogP contribution in [0.1, 0.15) is 28.7 Å². The second kappa shape index (κ2) is 6.11. The summed E-state index contributed by atoms with van der Waals surface area (Å²) < 4.78 is 0. The fourth-order valence-corrected chi connectivity index (χ4v) is 3.14. The number of carbonyl (C=O) groups is 2. The highest BCUT2D eigenvalue weighted by atomic mass is 16.2. The Balaban J connectivity index is 1.88. The zero-order valence-corrected chi connectivity index (χ0v) is 14.5. The number of nitrogens with one attached hydrogen (secondary N) is 1. The zero-order chi connectivity index (χ0) is 17.4. The molecule has 1 heterocycles. The number of benzene rings is 2. The van der Waals surface area contributed by atoms with Gasteiger partial charge in [-0.1, -0.05) is 29.8 Å². The summed E-state index contributed by atoms with van der Waals surface area (Å²) in [6.07, 6.45) is 0.180. The quantitative estimate of drug-likeness (QED) is 0.877. The third kappa shape index (κ3) is 2.80. The highest BCUT2D eigenvalue weighted by molar-refractivity contribution is 6.23. The number of hydrogen-bond donors (Lipinski definition) is 1. The van der Waals surface area contributed by atoms with Crippen molar-refractivity contribution in [1.82, 2.24) is 0 Å². The van der Waals surface area contributed by atoms with Gasteiger partial charge in [0.25, 0.3) is 5.91 Å². The predicted molar refractivity (Wildman–Crippen MR) is 96.4 cm³/mol. The molecule has 1 saturated heterocycles. The molecule has 124 valence electrons. The van der Waals surface area contributed by atoms with Gasteiger partial charge in [-0.15, -0.1) is 0 Å². The molecule has 0 radical (unpaired) electrons. The minimum atomic E-state index is -0.515. The van der Waals surface area contributed by atoms with Gasteiger partial charge in [-0.3, -0.25) is 9.59 Å². The summed E-state index contributed by atoms with van der Waals surface area (Å²) >= 11 is 0. The van der Waals surface area contributed by atoms with E-state index in [1.807, 2.05) is 58.0 Å². The molecule has 3 rings (SSSR count). The Bertz CT molecular complexity index is 826. The van der Waals surface area contributed by atoms with Crippen LogP contribution in [0.3, 0.4) is 0 Å². The summed E-state index contributed by atoms with van der Waals surface area (Å²) in [5, 5.41) is 3.24. The Morgan fingerprint density at radius 2 is 1.75 bits per heavy atom. The van der Waals surface area contributed by atoms with Gasteiger partial charge in [0.2, 0.25) is 5.91 Å². The predicted octanol–water partition coefficient (Wildman–Crippen LogP) is 3.66. The lowest BCUT2D eigenvalue weighted by Gasteiger charge is -2.19. The Morgan fingerprint density at radius 1 is 1.00 bits per heavy atom. The van der Waals surface area contributed by atoms with Crippen molar-refractivity contribution in [2.45, 2.75) is 40.2 Å². The Hall–Kier alpha value is -2.62. The second-order valence-corrected chi connectivity index (χ2v) is 6.51. The monoisotopic (exact) mass is 322 g/mol. The lowest BCUT2D eigenvalue weighted by atomic mass is 10.1. The van der Waals surface area contributed by atoms with E-state index in [0.717, 1.165) is 22.4 Å². The van der Waals surface area contributed by atoms with E-state index >= 15 is 0 Å².